The van der Waals surface area contributed by atoms with E-state index in [9.17, 15) is 15.3 Å². The summed E-state index contributed by atoms with van der Waals surface area (Å²) in [5.41, 5.74) is -2.25. The Bertz CT molecular complexity index is 91.3. The average molecular weight is 275 g/mol. The van der Waals surface area contributed by atoms with Crippen LogP contribution in [0.5, 0.6) is 0 Å². The van der Waals surface area contributed by atoms with Crippen LogP contribution < -0.4 is 15.3 Å². The van der Waals surface area contributed by atoms with E-state index >= 15 is 0 Å². The Labute approximate surface area is 112 Å². The number of hydrogen-bond acceptors (Lipinski definition) is 3. The number of hydrogen-bond donors (Lipinski definition) is 0. The minimum atomic E-state index is -0.750. The normalized spacial score (nSPS) is 11.2. The molecule has 0 heterocycles. The third-order valence-electron chi connectivity index (χ3n) is 0. The van der Waals surface area contributed by atoms with Crippen molar-refractivity contribution in [2.24, 2.45) is 0 Å². The molecule has 0 aromatic heterocycles. The Morgan fingerprint density at radius 2 is 0.438 bits per heavy atom. The topological polar surface area (TPSA) is 69.2 Å². The zero-order valence-electron chi connectivity index (χ0n) is 12.1. The molecule has 0 aliphatic rings. The molecule has 0 aliphatic carbocycles. The summed E-state index contributed by atoms with van der Waals surface area (Å²) in [6.07, 6.45) is 0. The maximum atomic E-state index is 10.1. The Kier molecular flexibility index (Phi) is 14.9. The molecule has 0 aromatic carbocycles. The van der Waals surface area contributed by atoms with E-state index in [0.29, 0.717) is 0 Å². The molecule has 0 fully saturated rings. The molecule has 1 radical (unpaired) electrons. The molecule has 4 heteroatoms. The zero-order valence-corrected chi connectivity index (χ0v) is 13.2. The second kappa shape index (κ2) is 9.43. The monoisotopic (exact) mass is 275 g/mol. The first kappa shape index (κ1) is 25.3. The summed E-state index contributed by atoms with van der Waals surface area (Å²) >= 11 is 0. The molecule has 0 saturated carbocycles. The van der Waals surface area contributed by atoms with E-state index in [1.54, 1.807) is 62.3 Å². The van der Waals surface area contributed by atoms with Crippen molar-refractivity contribution in [2.45, 2.75) is 79.1 Å². The first-order valence-electron chi connectivity index (χ1n) is 5.11. The minimum Gasteiger partial charge on any atom is -0.850 e. The van der Waals surface area contributed by atoms with E-state index in [1.807, 2.05) is 0 Å². The summed E-state index contributed by atoms with van der Waals surface area (Å²) in [6, 6.07) is 0. The van der Waals surface area contributed by atoms with Gasteiger partial charge in [-0.15, -0.1) is 16.8 Å². The van der Waals surface area contributed by atoms with Crippen LogP contribution >= 0.6 is 0 Å². The summed E-state index contributed by atoms with van der Waals surface area (Å²) in [5.74, 6) is 0. The van der Waals surface area contributed by atoms with Crippen molar-refractivity contribution < 1.29 is 32.4 Å². The van der Waals surface area contributed by atoms with Crippen LogP contribution in [0.4, 0.5) is 0 Å². The van der Waals surface area contributed by atoms with Crippen molar-refractivity contribution in [2.75, 3.05) is 0 Å². The van der Waals surface area contributed by atoms with E-state index < -0.39 is 16.8 Å². The molecule has 0 aromatic rings. The van der Waals surface area contributed by atoms with Crippen LogP contribution in [-0.4, -0.2) is 16.8 Å². The van der Waals surface area contributed by atoms with Gasteiger partial charge in [0.2, 0.25) is 0 Å². The molecule has 0 N–H and O–H groups in total. The van der Waals surface area contributed by atoms with E-state index in [1.165, 1.54) is 0 Å². The van der Waals surface area contributed by atoms with Crippen LogP contribution in [0.3, 0.4) is 0 Å². The van der Waals surface area contributed by atoms with Crippen LogP contribution in [0, 0.1) is 0 Å². The van der Waals surface area contributed by atoms with Gasteiger partial charge in [0.25, 0.3) is 0 Å². The molecule has 0 rings (SSSR count). The molecule has 0 unspecified atom stereocenters. The summed E-state index contributed by atoms with van der Waals surface area (Å²) in [6.45, 7) is 14.7. The molecule has 0 spiro atoms. The summed E-state index contributed by atoms with van der Waals surface area (Å²) in [7, 11) is 0. The predicted molar refractivity (Wildman–Crippen MR) is 59.3 cm³/mol. The van der Waals surface area contributed by atoms with Crippen LogP contribution in [0.2, 0.25) is 0 Å². The van der Waals surface area contributed by atoms with Crippen molar-refractivity contribution in [3.8, 4) is 0 Å². The van der Waals surface area contributed by atoms with E-state index in [-0.39, 0.29) is 17.1 Å². The minimum absolute atomic E-state index is 0. The fraction of sp³-hybridized carbons (Fsp3) is 1.00. The van der Waals surface area contributed by atoms with Gasteiger partial charge in [-0.1, -0.05) is 62.3 Å². The Morgan fingerprint density at radius 3 is 0.438 bits per heavy atom. The van der Waals surface area contributed by atoms with Gasteiger partial charge in [0.05, 0.1) is 0 Å². The van der Waals surface area contributed by atoms with Gasteiger partial charge in [-0.3, -0.25) is 0 Å². The Balaban J connectivity index is -0.0000000655. The van der Waals surface area contributed by atoms with Gasteiger partial charge < -0.3 is 15.3 Å². The summed E-state index contributed by atoms with van der Waals surface area (Å²) in [4.78, 5) is 0. The SMILES string of the molecule is CC(C)(C)[O-].CC(C)(C)[O-].CC(C)(C)[O-].[Fe+3]. The van der Waals surface area contributed by atoms with Crippen molar-refractivity contribution in [3.63, 3.8) is 0 Å². The summed E-state index contributed by atoms with van der Waals surface area (Å²) < 4.78 is 0. The number of rotatable bonds is 0. The van der Waals surface area contributed by atoms with Gasteiger partial charge in [0, 0.05) is 0 Å². The van der Waals surface area contributed by atoms with Crippen molar-refractivity contribution >= 4 is 0 Å². The Morgan fingerprint density at radius 1 is 0.438 bits per heavy atom. The van der Waals surface area contributed by atoms with Gasteiger partial charge >= 0.3 is 17.1 Å². The largest absolute Gasteiger partial charge is 3.00 e. The van der Waals surface area contributed by atoms with E-state index in [2.05, 4.69) is 0 Å². The molecule has 0 aliphatic heterocycles. The molecule has 0 bridgehead atoms. The first-order chi connectivity index (χ1) is 6.00. The van der Waals surface area contributed by atoms with Crippen LogP contribution in [-0.2, 0) is 17.1 Å². The quantitative estimate of drug-likeness (QED) is 0.602. The van der Waals surface area contributed by atoms with E-state index in [0.717, 1.165) is 0 Å². The fourth-order valence-electron chi connectivity index (χ4n) is 0. The second-order valence-electron chi connectivity index (χ2n) is 6.34. The average Bonchev–Trinajstić information content (AvgIpc) is 1.41. The second-order valence-corrected chi connectivity index (χ2v) is 6.34. The molecule has 0 amide bonds. The molecular weight excluding hydrogens is 248 g/mol. The van der Waals surface area contributed by atoms with Gasteiger partial charge in [-0.05, 0) is 0 Å². The van der Waals surface area contributed by atoms with E-state index in [4.69, 9.17) is 0 Å². The predicted octanol–water partition coefficient (Wildman–Crippen LogP) is 0.433. The van der Waals surface area contributed by atoms with Gasteiger partial charge in [-0.2, -0.15) is 0 Å². The maximum Gasteiger partial charge on any atom is 3.00 e. The molecule has 101 valence electrons. The van der Waals surface area contributed by atoms with Crippen molar-refractivity contribution in [1.82, 2.24) is 0 Å². The molecule has 0 saturated heterocycles. The Hall–Kier alpha value is 0.399. The molecule has 0 atom stereocenters. The van der Waals surface area contributed by atoms with Crippen LogP contribution in [0.15, 0.2) is 0 Å². The van der Waals surface area contributed by atoms with Crippen molar-refractivity contribution in [1.29, 1.82) is 0 Å². The first-order valence-corrected chi connectivity index (χ1v) is 5.11. The molecule has 16 heavy (non-hydrogen) atoms. The third kappa shape index (κ3) is 16200. The molecule has 3 nitrogen and oxygen atoms in total. The van der Waals surface area contributed by atoms with Gasteiger partial charge in [0.1, 0.15) is 0 Å². The van der Waals surface area contributed by atoms with Crippen LogP contribution in [0.1, 0.15) is 62.3 Å². The third-order valence-corrected chi connectivity index (χ3v) is 0. The zero-order chi connectivity index (χ0) is 13.5. The smallest absolute Gasteiger partial charge is 0.850 e. The van der Waals surface area contributed by atoms with Crippen LogP contribution in [0.25, 0.3) is 0 Å². The summed E-state index contributed by atoms with van der Waals surface area (Å²) in [5, 5.41) is 30.3. The fourth-order valence-corrected chi connectivity index (χ4v) is 0. The maximum absolute atomic E-state index is 10.1. The standard InChI is InChI=1S/3C4H9O.Fe/c3*1-4(2,3)5;/h3*1-3H3;/q3*-1;+3. The molecular formula is C12H27FeO3. The van der Waals surface area contributed by atoms with Gasteiger partial charge in [0.15, 0.2) is 0 Å². The van der Waals surface area contributed by atoms with Gasteiger partial charge in [-0.25, -0.2) is 0 Å². The van der Waals surface area contributed by atoms with Crippen molar-refractivity contribution in [3.05, 3.63) is 0 Å².